The van der Waals surface area contributed by atoms with Crippen molar-refractivity contribution >= 4 is 27.5 Å². The number of nitrogens with zero attached hydrogens (tertiary/aromatic N) is 1. The maximum atomic E-state index is 12.4. The van der Waals surface area contributed by atoms with Crippen LogP contribution in [-0.4, -0.2) is 36.6 Å². The number of nitrogen functional groups attached to an aromatic ring is 1. The number of carbonyl (C=O) groups excluding carboxylic acids is 1. The molecule has 0 saturated carbocycles. The summed E-state index contributed by atoms with van der Waals surface area (Å²) in [6, 6.07) is 5.40. The first-order valence-electron chi connectivity index (χ1n) is 5.94. The fourth-order valence-corrected chi connectivity index (χ4v) is 2.83. The van der Waals surface area contributed by atoms with E-state index in [1.165, 1.54) is 0 Å². The number of benzene rings is 1. The minimum absolute atomic E-state index is 0.0228. The third-order valence-corrected chi connectivity index (χ3v) is 3.78. The summed E-state index contributed by atoms with van der Waals surface area (Å²) in [7, 11) is 1.81. The zero-order chi connectivity index (χ0) is 13.3. The second kappa shape index (κ2) is 5.28. The van der Waals surface area contributed by atoms with Gasteiger partial charge < -0.3 is 15.4 Å². The van der Waals surface area contributed by atoms with Crippen molar-refractivity contribution in [1.29, 1.82) is 0 Å². The summed E-state index contributed by atoms with van der Waals surface area (Å²) < 4.78 is 6.31. The molecule has 2 unspecified atom stereocenters. The first kappa shape index (κ1) is 13.4. The van der Waals surface area contributed by atoms with Gasteiger partial charge in [-0.1, -0.05) is 15.9 Å². The van der Waals surface area contributed by atoms with E-state index in [0.29, 0.717) is 17.9 Å². The maximum Gasteiger partial charge on any atom is 0.254 e. The highest BCUT2D eigenvalue weighted by molar-refractivity contribution is 9.10. The van der Waals surface area contributed by atoms with Gasteiger partial charge in [0.05, 0.1) is 12.1 Å². The summed E-state index contributed by atoms with van der Waals surface area (Å²) in [5.41, 5.74) is 6.93. The third kappa shape index (κ3) is 2.67. The number of halogens is 1. The molecule has 1 saturated heterocycles. The molecule has 2 N–H and O–H groups in total. The molecule has 0 aliphatic carbocycles. The van der Waals surface area contributed by atoms with Crippen LogP contribution in [0, 0.1) is 0 Å². The van der Waals surface area contributed by atoms with Crippen LogP contribution >= 0.6 is 15.9 Å². The Balaban J connectivity index is 2.19. The molecule has 4 nitrogen and oxygen atoms in total. The van der Waals surface area contributed by atoms with E-state index in [0.717, 1.165) is 10.9 Å². The van der Waals surface area contributed by atoms with Crippen molar-refractivity contribution in [1.82, 2.24) is 4.90 Å². The lowest BCUT2D eigenvalue weighted by Gasteiger charge is -2.27. The molecule has 18 heavy (non-hydrogen) atoms. The van der Waals surface area contributed by atoms with Gasteiger partial charge >= 0.3 is 0 Å². The molecule has 5 heteroatoms. The van der Waals surface area contributed by atoms with Gasteiger partial charge in [-0.2, -0.15) is 0 Å². The van der Waals surface area contributed by atoms with Crippen molar-refractivity contribution in [2.24, 2.45) is 0 Å². The van der Waals surface area contributed by atoms with Crippen molar-refractivity contribution in [3.05, 3.63) is 28.2 Å². The third-order valence-electron chi connectivity index (χ3n) is 3.32. The number of nitrogens with two attached hydrogens (primary N) is 1. The van der Waals surface area contributed by atoms with Gasteiger partial charge in [0.25, 0.3) is 5.91 Å². The predicted octanol–water partition coefficient (Wildman–Crippen LogP) is 2.28. The monoisotopic (exact) mass is 312 g/mol. The Labute approximate surface area is 115 Å². The van der Waals surface area contributed by atoms with Crippen molar-refractivity contribution in [3.63, 3.8) is 0 Å². The van der Waals surface area contributed by atoms with Crippen LogP contribution in [0.2, 0.25) is 0 Å². The highest BCUT2D eigenvalue weighted by Crippen LogP contribution is 2.22. The topological polar surface area (TPSA) is 55.6 Å². The van der Waals surface area contributed by atoms with Gasteiger partial charge in [0, 0.05) is 29.4 Å². The van der Waals surface area contributed by atoms with Crippen LogP contribution in [0.5, 0.6) is 0 Å². The molecule has 1 aromatic rings. The molecule has 1 heterocycles. The summed E-state index contributed by atoms with van der Waals surface area (Å²) in [5.74, 6) is -0.0228. The molecule has 0 aromatic heterocycles. The van der Waals surface area contributed by atoms with E-state index in [2.05, 4.69) is 15.9 Å². The molecule has 2 rings (SSSR count). The number of hydrogen-bond donors (Lipinski definition) is 1. The molecule has 1 aliphatic heterocycles. The molecule has 0 spiro atoms. The Bertz CT molecular complexity index is 444. The summed E-state index contributed by atoms with van der Waals surface area (Å²) >= 11 is 3.35. The Morgan fingerprint density at radius 2 is 2.22 bits per heavy atom. The zero-order valence-corrected chi connectivity index (χ0v) is 12.1. The van der Waals surface area contributed by atoms with E-state index in [9.17, 15) is 4.79 Å². The number of carbonyl (C=O) groups is 1. The lowest BCUT2D eigenvalue weighted by molar-refractivity contribution is 0.0574. The fourth-order valence-electron chi connectivity index (χ4n) is 2.32. The van der Waals surface area contributed by atoms with E-state index in [-0.39, 0.29) is 18.1 Å². The number of ether oxygens (including phenoxy) is 1. The average molecular weight is 313 g/mol. The van der Waals surface area contributed by atoms with Gasteiger partial charge in [0.15, 0.2) is 0 Å². The van der Waals surface area contributed by atoms with E-state index in [1.54, 1.807) is 23.1 Å². The van der Waals surface area contributed by atoms with Crippen molar-refractivity contribution in [2.75, 3.05) is 19.4 Å². The molecule has 0 bridgehead atoms. The second-order valence-corrected chi connectivity index (χ2v) is 5.54. The lowest BCUT2D eigenvalue weighted by Crippen LogP contribution is -2.41. The SMILES string of the molecule is CC1OCCC1N(C)C(=O)c1cc(N)cc(Br)c1. The van der Waals surface area contributed by atoms with Crippen LogP contribution in [0.4, 0.5) is 5.69 Å². The van der Waals surface area contributed by atoms with Gasteiger partial charge in [-0.15, -0.1) is 0 Å². The van der Waals surface area contributed by atoms with Gasteiger partial charge in [0.2, 0.25) is 0 Å². The normalized spacial score (nSPS) is 23.1. The van der Waals surface area contributed by atoms with Crippen molar-refractivity contribution < 1.29 is 9.53 Å². The highest BCUT2D eigenvalue weighted by atomic mass is 79.9. The number of anilines is 1. The van der Waals surface area contributed by atoms with Crippen LogP contribution in [0.3, 0.4) is 0 Å². The Hall–Kier alpha value is -1.07. The van der Waals surface area contributed by atoms with E-state index in [4.69, 9.17) is 10.5 Å². The largest absolute Gasteiger partial charge is 0.399 e. The molecule has 2 atom stereocenters. The summed E-state index contributed by atoms with van der Waals surface area (Å²) in [6.07, 6.45) is 0.968. The van der Waals surface area contributed by atoms with Gasteiger partial charge in [-0.05, 0) is 31.5 Å². The Morgan fingerprint density at radius 1 is 1.50 bits per heavy atom. The molecule has 0 radical (unpaired) electrons. The first-order valence-corrected chi connectivity index (χ1v) is 6.73. The molecular weight excluding hydrogens is 296 g/mol. The highest BCUT2D eigenvalue weighted by Gasteiger charge is 2.31. The second-order valence-electron chi connectivity index (χ2n) is 4.62. The molecular formula is C13H17BrN2O2. The van der Waals surface area contributed by atoms with Crippen LogP contribution in [0.1, 0.15) is 23.7 Å². The van der Waals surface area contributed by atoms with Crippen molar-refractivity contribution in [3.8, 4) is 0 Å². The van der Waals surface area contributed by atoms with E-state index >= 15 is 0 Å². The van der Waals surface area contributed by atoms with Crippen LogP contribution < -0.4 is 5.73 Å². The number of rotatable bonds is 2. The molecule has 1 amide bonds. The van der Waals surface area contributed by atoms with Gasteiger partial charge in [-0.3, -0.25) is 4.79 Å². The number of hydrogen-bond acceptors (Lipinski definition) is 3. The van der Waals surface area contributed by atoms with Crippen molar-refractivity contribution in [2.45, 2.75) is 25.5 Å². The Morgan fingerprint density at radius 3 is 2.78 bits per heavy atom. The fraction of sp³-hybridized carbons (Fsp3) is 0.462. The zero-order valence-electron chi connectivity index (χ0n) is 10.5. The van der Waals surface area contributed by atoms with Gasteiger partial charge in [0.1, 0.15) is 0 Å². The summed E-state index contributed by atoms with van der Waals surface area (Å²) in [6.45, 7) is 2.71. The molecule has 1 fully saturated rings. The van der Waals surface area contributed by atoms with E-state index in [1.807, 2.05) is 14.0 Å². The maximum absolute atomic E-state index is 12.4. The minimum atomic E-state index is -0.0228. The number of amides is 1. The van der Waals surface area contributed by atoms with Crippen LogP contribution in [0.25, 0.3) is 0 Å². The smallest absolute Gasteiger partial charge is 0.254 e. The molecule has 1 aromatic carbocycles. The Kier molecular flexibility index (Phi) is 3.92. The molecule has 98 valence electrons. The molecule has 1 aliphatic rings. The summed E-state index contributed by atoms with van der Waals surface area (Å²) in [4.78, 5) is 14.1. The standard InChI is InChI=1S/C13H17BrN2O2/c1-8-12(3-4-18-8)16(2)13(17)9-5-10(14)7-11(15)6-9/h5-8,12H,3-4,15H2,1-2H3. The average Bonchev–Trinajstić information content (AvgIpc) is 2.72. The quantitative estimate of drug-likeness (QED) is 0.852. The summed E-state index contributed by atoms with van der Waals surface area (Å²) in [5, 5.41) is 0. The minimum Gasteiger partial charge on any atom is -0.399 e. The number of likely N-dealkylation sites (N-methyl/N-ethyl adjacent to an activating group) is 1. The van der Waals surface area contributed by atoms with E-state index < -0.39 is 0 Å². The van der Waals surface area contributed by atoms with Crippen LogP contribution in [0.15, 0.2) is 22.7 Å². The first-order chi connectivity index (χ1) is 8.49. The predicted molar refractivity (Wildman–Crippen MR) is 74.5 cm³/mol. The lowest BCUT2D eigenvalue weighted by atomic mass is 10.1. The van der Waals surface area contributed by atoms with Crippen LogP contribution in [-0.2, 0) is 4.74 Å². The van der Waals surface area contributed by atoms with Gasteiger partial charge in [-0.25, -0.2) is 0 Å².